The van der Waals surface area contributed by atoms with E-state index in [1.54, 1.807) is 0 Å². The molecule has 94 valence electrons. The van der Waals surface area contributed by atoms with Gasteiger partial charge in [-0.2, -0.15) is 12.6 Å². The number of amides is 1. The molecule has 1 rings (SSSR count). The molecule has 1 aliphatic rings. The van der Waals surface area contributed by atoms with Crippen LogP contribution in [-0.4, -0.2) is 42.2 Å². The van der Waals surface area contributed by atoms with Gasteiger partial charge in [0, 0.05) is 12.1 Å². The second-order valence-corrected chi connectivity index (χ2v) is 5.94. The number of rotatable bonds is 5. The quantitative estimate of drug-likeness (QED) is 0.719. The molecule has 0 bridgehead atoms. The van der Waals surface area contributed by atoms with Crippen molar-refractivity contribution < 1.29 is 4.79 Å². The van der Waals surface area contributed by atoms with Crippen LogP contribution >= 0.6 is 12.6 Å². The fraction of sp³-hybridized carbons (Fsp3) is 0.917. The van der Waals surface area contributed by atoms with E-state index in [0.29, 0.717) is 0 Å². The number of carbonyl (C=O) groups excluding carboxylic acids is 1. The molecular weight excluding hydrogens is 220 g/mol. The maximum atomic E-state index is 11.8. The first kappa shape index (κ1) is 13.8. The fourth-order valence-corrected chi connectivity index (χ4v) is 2.12. The standard InChI is InChI=1S/C12H24N2OS/c1-9(2)10(16)11(15)13-8-12(14(3)4)6-5-7-12/h9-10,16H,5-8H2,1-4H3,(H,13,15). The summed E-state index contributed by atoms with van der Waals surface area (Å²) >= 11 is 4.32. The van der Waals surface area contributed by atoms with Crippen molar-refractivity contribution >= 4 is 18.5 Å². The van der Waals surface area contributed by atoms with Gasteiger partial charge in [0.15, 0.2) is 0 Å². The molecule has 0 radical (unpaired) electrons. The minimum Gasteiger partial charge on any atom is -0.353 e. The highest BCUT2D eigenvalue weighted by Crippen LogP contribution is 2.35. The molecule has 0 aromatic heterocycles. The molecule has 0 aliphatic heterocycles. The monoisotopic (exact) mass is 244 g/mol. The summed E-state index contributed by atoms with van der Waals surface area (Å²) in [4.78, 5) is 14.0. The van der Waals surface area contributed by atoms with Gasteiger partial charge in [0.25, 0.3) is 0 Å². The summed E-state index contributed by atoms with van der Waals surface area (Å²) in [6.07, 6.45) is 3.63. The van der Waals surface area contributed by atoms with Gasteiger partial charge < -0.3 is 10.2 Å². The highest BCUT2D eigenvalue weighted by molar-refractivity contribution is 7.81. The van der Waals surface area contributed by atoms with Crippen LogP contribution < -0.4 is 5.32 Å². The fourth-order valence-electron chi connectivity index (χ4n) is 2.03. The normalized spacial score (nSPS) is 20.7. The lowest BCUT2D eigenvalue weighted by Crippen LogP contribution is -2.58. The zero-order chi connectivity index (χ0) is 12.3. The number of hydrogen-bond acceptors (Lipinski definition) is 3. The van der Waals surface area contributed by atoms with Gasteiger partial charge in [0.05, 0.1) is 5.25 Å². The van der Waals surface area contributed by atoms with Crippen LogP contribution in [-0.2, 0) is 4.79 Å². The first-order chi connectivity index (χ1) is 7.39. The summed E-state index contributed by atoms with van der Waals surface area (Å²) in [5.74, 6) is 0.339. The molecule has 0 aromatic carbocycles. The number of thiol groups is 1. The van der Waals surface area contributed by atoms with Gasteiger partial charge in [0.1, 0.15) is 0 Å². The Balaban J connectivity index is 2.42. The summed E-state index contributed by atoms with van der Waals surface area (Å²) < 4.78 is 0. The maximum Gasteiger partial charge on any atom is 0.233 e. The summed E-state index contributed by atoms with van der Waals surface area (Å²) in [6, 6.07) is 0. The van der Waals surface area contributed by atoms with Crippen molar-refractivity contribution in [2.45, 2.75) is 43.9 Å². The molecule has 1 unspecified atom stereocenters. The van der Waals surface area contributed by atoms with Crippen LogP contribution in [0.1, 0.15) is 33.1 Å². The highest BCUT2D eigenvalue weighted by Gasteiger charge is 2.39. The SMILES string of the molecule is CC(C)C(S)C(=O)NCC1(N(C)C)CCC1. The van der Waals surface area contributed by atoms with Gasteiger partial charge in [-0.15, -0.1) is 0 Å². The smallest absolute Gasteiger partial charge is 0.233 e. The predicted molar refractivity (Wildman–Crippen MR) is 70.9 cm³/mol. The van der Waals surface area contributed by atoms with Crippen molar-refractivity contribution in [3.63, 3.8) is 0 Å². The molecule has 1 fully saturated rings. The number of likely N-dealkylation sites (N-methyl/N-ethyl adjacent to an activating group) is 1. The number of hydrogen-bond donors (Lipinski definition) is 2. The lowest BCUT2D eigenvalue weighted by molar-refractivity contribution is -0.122. The van der Waals surface area contributed by atoms with E-state index in [0.717, 1.165) is 6.54 Å². The van der Waals surface area contributed by atoms with Gasteiger partial charge in [-0.1, -0.05) is 13.8 Å². The Morgan fingerprint density at radius 2 is 2.00 bits per heavy atom. The Bertz CT molecular complexity index is 249. The molecule has 1 N–H and O–H groups in total. The van der Waals surface area contributed by atoms with Crippen LogP contribution in [0.15, 0.2) is 0 Å². The van der Waals surface area contributed by atoms with E-state index < -0.39 is 0 Å². The van der Waals surface area contributed by atoms with E-state index >= 15 is 0 Å². The van der Waals surface area contributed by atoms with E-state index in [4.69, 9.17) is 0 Å². The summed E-state index contributed by atoms with van der Waals surface area (Å²) in [5.41, 5.74) is 0.195. The van der Waals surface area contributed by atoms with Gasteiger partial charge in [-0.3, -0.25) is 4.79 Å². The first-order valence-corrected chi connectivity index (χ1v) is 6.54. The van der Waals surface area contributed by atoms with Crippen molar-refractivity contribution in [2.24, 2.45) is 5.92 Å². The second kappa shape index (κ2) is 5.41. The molecule has 1 amide bonds. The average molecular weight is 244 g/mol. The van der Waals surface area contributed by atoms with Gasteiger partial charge in [0.2, 0.25) is 5.91 Å². The summed E-state index contributed by atoms with van der Waals surface area (Å²) in [6.45, 7) is 4.78. The highest BCUT2D eigenvalue weighted by atomic mass is 32.1. The minimum absolute atomic E-state index is 0.0615. The van der Waals surface area contributed by atoms with E-state index in [1.165, 1.54) is 19.3 Å². The van der Waals surface area contributed by atoms with Crippen molar-refractivity contribution in [2.75, 3.05) is 20.6 Å². The van der Waals surface area contributed by atoms with Crippen LogP contribution in [0, 0.1) is 5.92 Å². The lowest BCUT2D eigenvalue weighted by atomic mass is 9.75. The molecular formula is C12H24N2OS. The first-order valence-electron chi connectivity index (χ1n) is 6.02. The third-order valence-corrected chi connectivity index (χ3v) is 4.56. The Morgan fingerprint density at radius 1 is 1.44 bits per heavy atom. The molecule has 0 heterocycles. The number of carbonyl (C=O) groups is 1. The van der Waals surface area contributed by atoms with Crippen molar-refractivity contribution in [3.05, 3.63) is 0 Å². The van der Waals surface area contributed by atoms with Crippen LogP contribution in [0.4, 0.5) is 0 Å². The predicted octanol–water partition coefficient (Wildman–Crippen LogP) is 1.54. The van der Waals surface area contributed by atoms with Gasteiger partial charge >= 0.3 is 0 Å². The molecule has 1 saturated carbocycles. The van der Waals surface area contributed by atoms with Crippen molar-refractivity contribution in [1.29, 1.82) is 0 Å². The zero-order valence-corrected chi connectivity index (χ0v) is 11.7. The third kappa shape index (κ3) is 2.92. The Labute approximate surface area is 104 Å². The zero-order valence-electron chi connectivity index (χ0n) is 10.8. The molecule has 0 saturated heterocycles. The number of nitrogens with zero attached hydrogens (tertiary/aromatic N) is 1. The lowest BCUT2D eigenvalue weighted by Gasteiger charge is -2.47. The van der Waals surface area contributed by atoms with E-state index in [2.05, 4.69) is 36.9 Å². The molecule has 1 atom stereocenters. The van der Waals surface area contributed by atoms with Crippen LogP contribution in [0.2, 0.25) is 0 Å². The largest absolute Gasteiger partial charge is 0.353 e. The maximum absolute atomic E-state index is 11.8. The van der Waals surface area contributed by atoms with Crippen LogP contribution in [0.5, 0.6) is 0 Å². The summed E-state index contributed by atoms with van der Waals surface area (Å²) in [5, 5.41) is 2.84. The van der Waals surface area contributed by atoms with Gasteiger partial charge in [-0.05, 0) is 39.3 Å². The molecule has 0 spiro atoms. The average Bonchev–Trinajstić information content (AvgIpc) is 2.13. The second-order valence-electron chi connectivity index (χ2n) is 5.38. The van der Waals surface area contributed by atoms with Crippen molar-refractivity contribution in [1.82, 2.24) is 10.2 Å². The van der Waals surface area contributed by atoms with E-state index in [9.17, 15) is 4.79 Å². The Kier molecular flexibility index (Phi) is 4.68. The number of nitrogens with one attached hydrogen (secondary N) is 1. The molecule has 4 heteroatoms. The molecule has 1 aliphatic carbocycles. The molecule has 0 aromatic rings. The Hall–Kier alpha value is -0.220. The minimum atomic E-state index is -0.195. The topological polar surface area (TPSA) is 32.3 Å². The van der Waals surface area contributed by atoms with Gasteiger partial charge in [-0.25, -0.2) is 0 Å². The van der Waals surface area contributed by atoms with E-state index in [1.807, 2.05) is 13.8 Å². The van der Waals surface area contributed by atoms with Crippen LogP contribution in [0.25, 0.3) is 0 Å². The van der Waals surface area contributed by atoms with Crippen molar-refractivity contribution in [3.8, 4) is 0 Å². The Morgan fingerprint density at radius 3 is 2.31 bits per heavy atom. The van der Waals surface area contributed by atoms with Crippen LogP contribution in [0.3, 0.4) is 0 Å². The van der Waals surface area contributed by atoms with E-state index in [-0.39, 0.29) is 22.6 Å². The molecule has 3 nitrogen and oxygen atoms in total. The molecule has 16 heavy (non-hydrogen) atoms. The third-order valence-electron chi connectivity index (χ3n) is 3.72. The summed E-state index contributed by atoms with van der Waals surface area (Å²) in [7, 11) is 4.18.